The Balaban J connectivity index is 1.85. The lowest BCUT2D eigenvalue weighted by atomic mass is 9.96. The number of amidine groups is 1. The van der Waals surface area contributed by atoms with Crippen LogP contribution in [-0.4, -0.2) is 64.5 Å². The molecule has 9 heteroatoms. The fourth-order valence-electron chi connectivity index (χ4n) is 3.11. The van der Waals surface area contributed by atoms with Gasteiger partial charge in [-0.3, -0.25) is 9.59 Å². The number of Topliss-reactive ketones (excluding diaryl/α,β-unsaturated/α-hetero) is 1. The molecule has 1 heterocycles. The van der Waals surface area contributed by atoms with Gasteiger partial charge in [-0.25, -0.2) is 4.79 Å². The van der Waals surface area contributed by atoms with E-state index in [1.807, 2.05) is 0 Å². The first-order chi connectivity index (χ1) is 13.3. The van der Waals surface area contributed by atoms with Crippen LogP contribution in [0.1, 0.15) is 42.1 Å². The molecule has 1 amide bonds. The minimum absolute atomic E-state index is 0.0433. The number of oxime groups is 1. The van der Waals surface area contributed by atoms with Gasteiger partial charge in [-0.15, -0.1) is 0 Å². The van der Waals surface area contributed by atoms with Crippen LogP contribution in [0.5, 0.6) is 0 Å². The Morgan fingerprint density at radius 1 is 1.21 bits per heavy atom. The molecule has 1 fully saturated rings. The molecule has 1 aromatic carbocycles. The van der Waals surface area contributed by atoms with Crippen molar-refractivity contribution in [3.05, 3.63) is 35.4 Å². The van der Waals surface area contributed by atoms with Crippen molar-refractivity contribution in [1.29, 1.82) is 0 Å². The Labute approximate surface area is 162 Å². The van der Waals surface area contributed by atoms with Crippen LogP contribution in [0.3, 0.4) is 0 Å². The minimum atomic E-state index is -1.01. The van der Waals surface area contributed by atoms with Crippen LogP contribution in [0.2, 0.25) is 0 Å². The largest absolute Gasteiger partial charge is 0.480 e. The zero-order valence-corrected chi connectivity index (χ0v) is 15.7. The molecular weight excluding hydrogens is 366 g/mol. The highest BCUT2D eigenvalue weighted by Crippen LogP contribution is 2.19. The van der Waals surface area contributed by atoms with Gasteiger partial charge in [-0.1, -0.05) is 36.3 Å². The normalized spacial score (nSPS) is 16.6. The van der Waals surface area contributed by atoms with Crippen molar-refractivity contribution in [3.8, 4) is 0 Å². The molecule has 0 saturated carbocycles. The molecule has 0 aliphatic carbocycles. The molecule has 1 aliphatic rings. The van der Waals surface area contributed by atoms with Crippen molar-refractivity contribution in [2.24, 2.45) is 16.8 Å². The van der Waals surface area contributed by atoms with Gasteiger partial charge >= 0.3 is 5.97 Å². The molecule has 152 valence electrons. The van der Waals surface area contributed by atoms with Crippen LogP contribution in [0.4, 0.5) is 0 Å². The summed E-state index contributed by atoms with van der Waals surface area (Å²) in [4.78, 5) is 37.3. The summed E-state index contributed by atoms with van der Waals surface area (Å²) >= 11 is 0. The number of nitrogens with zero attached hydrogens (tertiary/aromatic N) is 2. The van der Waals surface area contributed by atoms with E-state index in [9.17, 15) is 14.4 Å². The summed E-state index contributed by atoms with van der Waals surface area (Å²) in [6, 6.07) is 6.32. The highest BCUT2D eigenvalue weighted by atomic mass is 16.5. The lowest BCUT2D eigenvalue weighted by Crippen LogP contribution is -2.43. The number of hydrogen-bond acceptors (Lipinski definition) is 6. The standard InChI is InChI=1S/C19H25N3O6/c1-12(10-16(23)13-2-4-14(5-3-13)18(20)21-27)19(26)22-8-6-15(7-9-22)28-11-17(24)25/h2-5,12,15,27H,6-11H2,1H3,(H2,20,21)(H,24,25). The van der Waals surface area contributed by atoms with E-state index < -0.39 is 11.9 Å². The fraction of sp³-hybridized carbons (Fsp3) is 0.474. The summed E-state index contributed by atoms with van der Waals surface area (Å²) in [5.41, 5.74) is 6.44. The predicted octanol–water partition coefficient (Wildman–Crippen LogP) is 1.08. The summed E-state index contributed by atoms with van der Waals surface area (Å²) in [6.45, 7) is 2.35. The zero-order valence-electron chi connectivity index (χ0n) is 15.7. The Morgan fingerprint density at radius 3 is 2.32 bits per heavy atom. The highest BCUT2D eigenvalue weighted by molar-refractivity contribution is 6.01. The number of carbonyl (C=O) groups is 3. The third kappa shape index (κ3) is 5.78. The third-order valence-corrected chi connectivity index (χ3v) is 4.72. The van der Waals surface area contributed by atoms with Crippen LogP contribution < -0.4 is 5.73 Å². The predicted molar refractivity (Wildman–Crippen MR) is 100 cm³/mol. The smallest absolute Gasteiger partial charge is 0.329 e. The van der Waals surface area contributed by atoms with Crippen molar-refractivity contribution in [2.75, 3.05) is 19.7 Å². The number of benzene rings is 1. The average Bonchev–Trinajstić information content (AvgIpc) is 2.71. The fourth-order valence-corrected chi connectivity index (χ4v) is 3.11. The summed E-state index contributed by atoms with van der Waals surface area (Å²) in [6.07, 6.45) is 1.08. The Morgan fingerprint density at radius 2 is 1.79 bits per heavy atom. The molecule has 0 radical (unpaired) electrons. The quantitative estimate of drug-likeness (QED) is 0.198. The van der Waals surface area contributed by atoms with Gasteiger partial charge < -0.3 is 25.7 Å². The van der Waals surface area contributed by atoms with E-state index in [2.05, 4.69) is 5.16 Å². The Hall–Kier alpha value is -2.94. The first-order valence-electron chi connectivity index (χ1n) is 9.05. The number of carbonyl (C=O) groups excluding carboxylic acids is 2. The van der Waals surface area contributed by atoms with E-state index >= 15 is 0 Å². The van der Waals surface area contributed by atoms with Gasteiger partial charge in [0.25, 0.3) is 0 Å². The van der Waals surface area contributed by atoms with Crippen molar-refractivity contribution in [1.82, 2.24) is 4.90 Å². The van der Waals surface area contributed by atoms with E-state index in [-0.39, 0.29) is 36.7 Å². The molecule has 4 N–H and O–H groups in total. The molecule has 1 aromatic rings. The van der Waals surface area contributed by atoms with E-state index in [1.54, 1.807) is 36.1 Å². The van der Waals surface area contributed by atoms with Gasteiger partial charge in [-0.2, -0.15) is 0 Å². The molecule has 1 unspecified atom stereocenters. The summed E-state index contributed by atoms with van der Waals surface area (Å²) in [5, 5.41) is 20.2. The second-order valence-electron chi connectivity index (χ2n) is 6.82. The van der Waals surface area contributed by atoms with Gasteiger partial charge in [0, 0.05) is 36.6 Å². The first kappa shape index (κ1) is 21.4. The maximum Gasteiger partial charge on any atom is 0.329 e. The van der Waals surface area contributed by atoms with Crippen molar-refractivity contribution >= 4 is 23.5 Å². The number of rotatable bonds is 8. The molecule has 1 aliphatic heterocycles. The van der Waals surface area contributed by atoms with E-state index in [0.717, 1.165) is 0 Å². The Bertz CT molecular complexity index is 739. The Kier molecular flexibility index (Phi) is 7.51. The van der Waals surface area contributed by atoms with E-state index in [1.165, 1.54) is 0 Å². The molecule has 9 nitrogen and oxygen atoms in total. The number of amides is 1. The number of carboxylic acid groups (broad SMARTS) is 1. The number of nitrogens with two attached hydrogens (primary N) is 1. The minimum Gasteiger partial charge on any atom is -0.480 e. The molecule has 2 rings (SSSR count). The maximum atomic E-state index is 12.6. The molecular formula is C19H25N3O6. The van der Waals surface area contributed by atoms with Gasteiger partial charge in [0.05, 0.1) is 6.10 Å². The SMILES string of the molecule is CC(CC(=O)c1ccc(C(N)=NO)cc1)C(=O)N1CCC(OCC(=O)O)CC1. The highest BCUT2D eigenvalue weighted by Gasteiger charge is 2.28. The van der Waals surface area contributed by atoms with Gasteiger partial charge in [0.15, 0.2) is 11.6 Å². The lowest BCUT2D eigenvalue weighted by molar-refractivity contribution is -0.147. The molecule has 1 atom stereocenters. The average molecular weight is 391 g/mol. The van der Waals surface area contributed by atoms with Gasteiger partial charge in [0.2, 0.25) is 5.91 Å². The monoisotopic (exact) mass is 391 g/mol. The molecule has 28 heavy (non-hydrogen) atoms. The van der Waals surface area contributed by atoms with Crippen LogP contribution in [0.15, 0.2) is 29.4 Å². The topological polar surface area (TPSA) is 143 Å². The van der Waals surface area contributed by atoms with Crippen molar-refractivity contribution in [2.45, 2.75) is 32.3 Å². The first-order valence-corrected chi connectivity index (χ1v) is 9.05. The maximum absolute atomic E-state index is 12.6. The van der Waals surface area contributed by atoms with Crippen LogP contribution in [-0.2, 0) is 14.3 Å². The van der Waals surface area contributed by atoms with Gasteiger partial charge in [-0.05, 0) is 12.8 Å². The number of carboxylic acids is 1. The van der Waals surface area contributed by atoms with Gasteiger partial charge in [0.1, 0.15) is 6.61 Å². The second-order valence-corrected chi connectivity index (χ2v) is 6.82. The van der Waals surface area contributed by atoms with Crippen molar-refractivity contribution in [3.63, 3.8) is 0 Å². The van der Waals surface area contributed by atoms with Crippen LogP contribution in [0, 0.1) is 5.92 Å². The summed E-state index contributed by atoms with van der Waals surface area (Å²) < 4.78 is 5.27. The number of piperidine rings is 1. The summed E-state index contributed by atoms with van der Waals surface area (Å²) in [7, 11) is 0. The molecule has 0 bridgehead atoms. The van der Waals surface area contributed by atoms with Crippen LogP contribution in [0.25, 0.3) is 0 Å². The number of likely N-dealkylation sites (tertiary alicyclic amines) is 1. The number of ether oxygens (including phenoxy) is 1. The zero-order chi connectivity index (χ0) is 20.7. The third-order valence-electron chi connectivity index (χ3n) is 4.72. The summed E-state index contributed by atoms with van der Waals surface area (Å²) in [5.74, 6) is -1.78. The number of ketones is 1. The number of hydrogen-bond donors (Lipinski definition) is 3. The van der Waals surface area contributed by atoms with Crippen molar-refractivity contribution < 1.29 is 29.4 Å². The second kappa shape index (κ2) is 9.84. The molecule has 1 saturated heterocycles. The lowest BCUT2D eigenvalue weighted by Gasteiger charge is -2.33. The number of aliphatic carboxylic acids is 1. The molecule has 0 spiro atoms. The van der Waals surface area contributed by atoms with Crippen LogP contribution >= 0.6 is 0 Å². The van der Waals surface area contributed by atoms with E-state index in [0.29, 0.717) is 37.1 Å². The molecule has 0 aromatic heterocycles. The van der Waals surface area contributed by atoms with E-state index in [4.69, 9.17) is 20.8 Å².